The van der Waals surface area contributed by atoms with Crippen LogP contribution in [0.25, 0.3) is 0 Å². The van der Waals surface area contributed by atoms with Gasteiger partial charge in [0.2, 0.25) is 0 Å². The van der Waals surface area contributed by atoms with E-state index in [-0.39, 0.29) is 23.1 Å². The van der Waals surface area contributed by atoms with E-state index in [1.165, 1.54) is 18.6 Å². The number of carbonyl (C=O) groups is 1. The summed E-state index contributed by atoms with van der Waals surface area (Å²) in [5.74, 6) is -1.03. The van der Waals surface area contributed by atoms with Crippen LogP contribution in [0, 0.1) is 10.1 Å². The summed E-state index contributed by atoms with van der Waals surface area (Å²) >= 11 is 0. The summed E-state index contributed by atoms with van der Waals surface area (Å²) in [6.45, 7) is 0. The molecule has 0 unspecified atom stereocenters. The number of hydrogen-bond acceptors (Lipinski definition) is 4. The highest BCUT2D eigenvalue weighted by Crippen LogP contribution is 2.31. The highest BCUT2D eigenvalue weighted by molar-refractivity contribution is 5.88. The molecule has 0 bridgehead atoms. The summed E-state index contributed by atoms with van der Waals surface area (Å²) in [7, 11) is 0. The van der Waals surface area contributed by atoms with Gasteiger partial charge >= 0.3 is 11.7 Å². The molecule has 0 aliphatic heterocycles. The van der Waals surface area contributed by atoms with Gasteiger partial charge in [-0.05, 0) is 37.8 Å². The van der Waals surface area contributed by atoms with E-state index in [4.69, 9.17) is 9.84 Å². The molecule has 6 nitrogen and oxygen atoms in total. The van der Waals surface area contributed by atoms with Gasteiger partial charge in [-0.15, -0.1) is 0 Å². The molecule has 102 valence electrons. The van der Waals surface area contributed by atoms with E-state index in [1.54, 1.807) is 0 Å². The van der Waals surface area contributed by atoms with Crippen LogP contribution in [0.5, 0.6) is 5.75 Å². The third-order valence-electron chi connectivity index (χ3n) is 3.25. The van der Waals surface area contributed by atoms with Crippen LogP contribution in [0.15, 0.2) is 18.2 Å². The first-order valence-corrected chi connectivity index (χ1v) is 6.26. The number of carboxylic acid groups (broad SMARTS) is 1. The molecule has 6 heteroatoms. The molecule has 1 saturated carbocycles. The number of nitro groups is 1. The van der Waals surface area contributed by atoms with Crippen LogP contribution in [0.4, 0.5) is 5.69 Å². The Kier molecular flexibility index (Phi) is 3.99. The van der Waals surface area contributed by atoms with Gasteiger partial charge in [0.05, 0.1) is 16.6 Å². The Morgan fingerprint density at radius 3 is 2.58 bits per heavy atom. The summed E-state index contributed by atoms with van der Waals surface area (Å²) in [5.41, 5.74) is -0.395. The lowest BCUT2D eigenvalue weighted by Crippen LogP contribution is -2.20. The van der Waals surface area contributed by atoms with E-state index in [0.29, 0.717) is 0 Å². The Hall–Kier alpha value is -2.11. The van der Waals surface area contributed by atoms with Crippen LogP contribution in [0.2, 0.25) is 0 Å². The van der Waals surface area contributed by atoms with Crippen molar-refractivity contribution in [3.05, 3.63) is 33.9 Å². The monoisotopic (exact) mass is 265 g/mol. The molecule has 19 heavy (non-hydrogen) atoms. The average Bonchev–Trinajstić information content (AvgIpc) is 2.39. The second-order valence-corrected chi connectivity index (χ2v) is 4.62. The largest absolute Gasteiger partial charge is 0.484 e. The summed E-state index contributed by atoms with van der Waals surface area (Å²) in [6.07, 6.45) is 5.05. The summed E-state index contributed by atoms with van der Waals surface area (Å²) in [5, 5.41) is 19.8. The van der Waals surface area contributed by atoms with E-state index in [0.717, 1.165) is 31.7 Å². The van der Waals surface area contributed by atoms with E-state index >= 15 is 0 Å². The summed E-state index contributed by atoms with van der Waals surface area (Å²) in [4.78, 5) is 21.2. The molecule has 1 fully saturated rings. The van der Waals surface area contributed by atoms with E-state index in [1.807, 2.05) is 0 Å². The highest BCUT2D eigenvalue weighted by Gasteiger charge is 2.22. The Balaban J connectivity index is 2.23. The first-order valence-electron chi connectivity index (χ1n) is 6.26. The fourth-order valence-electron chi connectivity index (χ4n) is 2.26. The first kappa shape index (κ1) is 13.3. The van der Waals surface area contributed by atoms with E-state index in [9.17, 15) is 14.9 Å². The van der Waals surface area contributed by atoms with Gasteiger partial charge in [-0.3, -0.25) is 10.1 Å². The fraction of sp³-hybridized carbons (Fsp3) is 0.462. The second kappa shape index (κ2) is 5.69. The fourth-order valence-corrected chi connectivity index (χ4v) is 2.26. The molecule has 1 aliphatic rings. The first-order chi connectivity index (χ1) is 9.08. The SMILES string of the molecule is O=C(O)c1ccc(OC2CCCCC2)c([N+](=O)[O-])c1. The van der Waals surface area contributed by atoms with Crippen LogP contribution in [0.3, 0.4) is 0 Å². The molecule has 0 heterocycles. The molecule has 0 radical (unpaired) electrons. The Morgan fingerprint density at radius 2 is 2.00 bits per heavy atom. The van der Waals surface area contributed by atoms with Gasteiger partial charge in [0, 0.05) is 6.07 Å². The van der Waals surface area contributed by atoms with Gasteiger partial charge in [0.25, 0.3) is 0 Å². The van der Waals surface area contributed by atoms with Crippen molar-refractivity contribution in [2.45, 2.75) is 38.2 Å². The number of aromatic carboxylic acids is 1. The predicted molar refractivity (Wildman–Crippen MR) is 67.6 cm³/mol. The van der Waals surface area contributed by atoms with Gasteiger partial charge in [-0.25, -0.2) is 4.79 Å². The van der Waals surface area contributed by atoms with Crippen molar-refractivity contribution in [1.29, 1.82) is 0 Å². The van der Waals surface area contributed by atoms with Gasteiger partial charge in [-0.1, -0.05) is 6.42 Å². The Bertz CT molecular complexity index is 494. The van der Waals surface area contributed by atoms with Crippen LogP contribution >= 0.6 is 0 Å². The molecule has 1 aromatic rings. The molecule has 0 amide bonds. The van der Waals surface area contributed by atoms with Crippen molar-refractivity contribution in [3.63, 3.8) is 0 Å². The van der Waals surface area contributed by atoms with Crippen LogP contribution in [-0.2, 0) is 0 Å². The number of hydrogen-bond donors (Lipinski definition) is 1. The Labute approximate surface area is 110 Å². The van der Waals surface area contributed by atoms with Gasteiger partial charge in [-0.2, -0.15) is 0 Å². The maximum absolute atomic E-state index is 11.0. The highest BCUT2D eigenvalue weighted by atomic mass is 16.6. The van der Waals surface area contributed by atoms with Crippen molar-refractivity contribution in [1.82, 2.24) is 0 Å². The van der Waals surface area contributed by atoms with Gasteiger partial charge in [0.15, 0.2) is 5.75 Å². The Morgan fingerprint density at radius 1 is 1.32 bits per heavy atom. The predicted octanol–water partition coefficient (Wildman–Crippen LogP) is 3.00. The molecule has 2 rings (SSSR count). The molecule has 0 atom stereocenters. The number of carboxylic acids is 1. The van der Waals surface area contributed by atoms with Crippen LogP contribution < -0.4 is 4.74 Å². The van der Waals surface area contributed by atoms with Crippen molar-refractivity contribution < 1.29 is 19.6 Å². The molecule has 0 spiro atoms. The lowest BCUT2D eigenvalue weighted by atomic mass is 9.98. The molecule has 0 saturated heterocycles. The maximum Gasteiger partial charge on any atom is 0.335 e. The topological polar surface area (TPSA) is 89.7 Å². The minimum Gasteiger partial charge on any atom is -0.484 e. The number of nitro benzene ring substituents is 1. The maximum atomic E-state index is 11.0. The van der Waals surface area contributed by atoms with Crippen molar-refractivity contribution in [2.24, 2.45) is 0 Å². The van der Waals surface area contributed by atoms with E-state index < -0.39 is 10.9 Å². The molecular formula is C13H15NO5. The van der Waals surface area contributed by atoms with Crippen molar-refractivity contribution in [3.8, 4) is 5.75 Å². The number of nitrogens with zero attached hydrogens (tertiary/aromatic N) is 1. The zero-order chi connectivity index (χ0) is 13.8. The molecule has 1 aliphatic carbocycles. The quantitative estimate of drug-likeness (QED) is 0.667. The third-order valence-corrected chi connectivity index (χ3v) is 3.25. The number of benzene rings is 1. The third kappa shape index (κ3) is 3.21. The van der Waals surface area contributed by atoms with Crippen LogP contribution in [0.1, 0.15) is 42.5 Å². The lowest BCUT2D eigenvalue weighted by molar-refractivity contribution is -0.386. The van der Waals surface area contributed by atoms with E-state index in [2.05, 4.69) is 0 Å². The van der Waals surface area contributed by atoms with Crippen molar-refractivity contribution in [2.75, 3.05) is 0 Å². The number of rotatable bonds is 4. The van der Waals surface area contributed by atoms with Gasteiger partial charge in [0.1, 0.15) is 0 Å². The zero-order valence-corrected chi connectivity index (χ0v) is 10.4. The summed E-state index contributed by atoms with van der Waals surface area (Å²) < 4.78 is 5.65. The molecular weight excluding hydrogens is 250 g/mol. The van der Waals surface area contributed by atoms with Crippen molar-refractivity contribution >= 4 is 11.7 Å². The minimum atomic E-state index is -1.19. The number of ether oxygens (including phenoxy) is 1. The van der Waals surface area contributed by atoms with Gasteiger partial charge < -0.3 is 9.84 Å². The molecule has 1 N–H and O–H groups in total. The standard InChI is InChI=1S/C13H15NO5/c15-13(16)9-6-7-12(11(8-9)14(17)18)19-10-4-2-1-3-5-10/h6-8,10H,1-5H2,(H,15,16). The average molecular weight is 265 g/mol. The normalized spacial score (nSPS) is 16.0. The molecule has 0 aromatic heterocycles. The zero-order valence-electron chi connectivity index (χ0n) is 10.4. The molecule has 1 aromatic carbocycles. The minimum absolute atomic E-state index is 0.0110. The second-order valence-electron chi connectivity index (χ2n) is 4.62. The summed E-state index contributed by atoms with van der Waals surface area (Å²) in [6, 6.07) is 3.74. The smallest absolute Gasteiger partial charge is 0.335 e. The lowest BCUT2D eigenvalue weighted by Gasteiger charge is -2.22. The van der Waals surface area contributed by atoms with Crippen LogP contribution in [-0.4, -0.2) is 22.1 Å².